The van der Waals surface area contributed by atoms with Crippen LogP contribution in [-0.2, 0) is 21.2 Å². The van der Waals surface area contributed by atoms with E-state index in [0.29, 0.717) is 18.0 Å². The van der Waals surface area contributed by atoms with E-state index < -0.39 is 9.84 Å². The molecule has 1 aromatic carbocycles. The molecule has 1 heterocycles. The number of sulfone groups is 1. The van der Waals surface area contributed by atoms with Gasteiger partial charge in [0.05, 0.1) is 10.3 Å². The van der Waals surface area contributed by atoms with Gasteiger partial charge in [-0.3, -0.25) is 4.79 Å². The molecule has 0 radical (unpaired) electrons. The summed E-state index contributed by atoms with van der Waals surface area (Å²) in [4.78, 5) is 12.4. The summed E-state index contributed by atoms with van der Waals surface area (Å²) in [5.74, 6) is 0.0367. The molecule has 1 unspecified atom stereocenters. The Morgan fingerprint density at radius 1 is 1.35 bits per heavy atom. The van der Waals surface area contributed by atoms with E-state index >= 15 is 0 Å². The van der Waals surface area contributed by atoms with Crippen LogP contribution in [0, 0.1) is 5.41 Å². The maximum absolute atomic E-state index is 12.1. The van der Waals surface area contributed by atoms with Crippen LogP contribution in [0.2, 0.25) is 0 Å². The van der Waals surface area contributed by atoms with Crippen molar-refractivity contribution in [3.63, 3.8) is 0 Å². The van der Waals surface area contributed by atoms with Gasteiger partial charge in [0, 0.05) is 19.3 Å². The minimum absolute atomic E-state index is 0.0367. The summed E-state index contributed by atoms with van der Waals surface area (Å²) in [5, 5.41) is 6.10. The molecule has 6 heteroatoms. The first kappa shape index (κ1) is 15.0. The zero-order valence-corrected chi connectivity index (χ0v) is 12.6. The van der Waals surface area contributed by atoms with Crippen LogP contribution in [0.4, 0.5) is 0 Å². The standard InChI is InChI=1S/C14H20N2O3S/c1-14(7-8-15-10-14)13(17)16-9-11-3-5-12(6-4-11)20(2,18)19/h3-6,15H,7-10H2,1-2H3,(H,16,17). The van der Waals surface area contributed by atoms with E-state index in [4.69, 9.17) is 0 Å². The lowest BCUT2D eigenvalue weighted by molar-refractivity contribution is -0.129. The number of amides is 1. The average molecular weight is 296 g/mol. The van der Waals surface area contributed by atoms with Gasteiger partial charge >= 0.3 is 0 Å². The zero-order chi connectivity index (χ0) is 14.8. The maximum atomic E-state index is 12.1. The Morgan fingerprint density at radius 2 is 2.00 bits per heavy atom. The van der Waals surface area contributed by atoms with Crippen molar-refractivity contribution in [2.45, 2.75) is 24.8 Å². The molecule has 20 heavy (non-hydrogen) atoms. The number of carbonyl (C=O) groups is 1. The highest BCUT2D eigenvalue weighted by molar-refractivity contribution is 7.90. The topological polar surface area (TPSA) is 75.3 Å². The number of benzene rings is 1. The van der Waals surface area contributed by atoms with Crippen molar-refractivity contribution in [3.8, 4) is 0 Å². The SMILES string of the molecule is CC1(C(=O)NCc2ccc(S(C)(=O)=O)cc2)CCNC1. The Labute approximate surface area is 119 Å². The largest absolute Gasteiger partial charge is 0.352 e. The van der Waals surface area contributed by atoms with Gasteiger partial charge in [0.2, 0.25) is 5.91 Å². The Balaban J connectivity index is 1.96. The van der Waals surface area contributed by atoms with Crippen molar-refractivity contribution in [1.29, 1.82) is 0 Å². The van der Waals surface area contributed by atoms with Crippen LogP contribution in [0.15, 0.2) is 29.2 Å². The fraction of sp³-hybridized carbons (Fsp3) is 0.500. The molecule has 1 aliphatic rings. The normalized spacial score (nSPS) is 22.7. The Kier molecular flexibility index (Phi) is 4.15. The van der Waals surface area contributed by atoms with Crippen molar-refractivity contribution in [2.24, 2.45) is 5.41 Å². The molecular weight excluding hydrogens is 276 g/mol. The highest BCUT2D eigenvalue weighted by Gasteiger charge is 2.35. The molecule has 0 aliphatic carbocycles. The van der Waals surface area contributed by atoms with Crippen molar-refractivity contribution in [3.05, 3.63) is 29.8 Å². The lowest BCUT2D eigenvalue weighted by Gasteiger charge is -2.21. The molecule has 1 amide bonds. The molecule has 1 fully saturated rings. The van der Waals surface area contributed by atoms with Crippen LogP contribution in [0.1, 0.15) is 18.9 Å². The van der Waals surface area contributed by atoms with Crippen LogP contribution in [0.25, 0.3) is 0 Å². The Morgan fingerprint density at radius 3 is 2.50 bits per heavy atom. The highest BCUT2D eigenvalue weighted by Crippen LogP contribution is 2.24. The van der Waals surface area contributed by atoms with Crippen molar-refractivity contribution < 1.29 is 13.2 Å². The van der Waals surface area contributed by atoms with Gasteiger partial charge in [-0.15, -0.1) is 0 Å². The average Bonchev–Trinajstić information content (AvgIpc) is 2.84. The highest BCUT2D eigenvalue weighted by atomic mass is 32.2. The number of nitrogens with one attached hydrogen (secondary N) is 2. The summed E-state index contributed by atoms with van der Waals surface area (Å²) in [6, 6.07) is 6.59. The smallest absolute Gasteiger partial charge is 0.227 e. The van der Waals surface area contributed by atoms with E-state index in [1.54, 1.807) is 24.3 Å². The summed E-state index contributed by atoms with van der Waals surface area (Å²) in [6.07, 6.45) is 2.02. The number of hydrogen-bond donors (Lipinski definition) is 2. The zero-order valence-electron chi connectivity index (χ0n) is 11.8. The second-order valence-electron chi connectivity index (χ2n) is 5.59. The first-order valence-corrected chi connectivity index (χ1v) is 8.48. The maximum Gasteiger partial charge on any atom is 0.227 e. The van der Waals surface area contributed by atoms with Gasteiger partial charge in [-0.05, 0) is 37.6 Å². The minimum Gasteiger partial charge on any atom is -0.352 e. The summed E-state index contributed by atoms with van der Waals surface area (Å²) >= 11 is 0. The van der Waals surface area contributed by atoms with Gasteiger partial charge in [0.15, 0.2) is 9.84 Å². The summed E-state index contributed by atoms with van der Waals surface area (Å²) < 4.78 is 22.7. The fourth-order valence-electron chi connectivity index (χ4n) is 2.26. The molecule has 0 saturated carbocycles. The van der Waals surface area contributed by atoms with Crippen LogP contribution in [0.3, 0.4) is 0 Å². The van der Waals surface area contributed by atoms with Crippen molar-refractivity contribution in [2.75, 3.05) is 19.3 Å². The quantitative estimate of drug-likeness (QED) is 0.858. The van der Waals surface area contributed by atoms with Gasteiger partial charge in [0.1, 0.15) is 0 Å². The second-order valence-corrected chi connectivity index (χ2v) is 7.60. The molecule has 0 aromatic heterocycles. The predicted octanol–water partition coefficient (Wildman–Crippen LogP) is 0.706. The van der Waals surface area contributed by atoms with E-state index in [1.165, 1.54) is 6.26 Å². The van der Waals surface area contributed by atoms with Crippen LogP contribution in [-0.4, -0.2) is 33.7 Å². The summed E-state index contributed by atoms with van der Waals surface area (Å²) in [6.45, 7) is 3.94. The molecule has 2 N–H and O–H groups in total. The van der Waals surface area contributed by atoms with Crippen LogP contribution in [0.5, 0.6) is 0 Å². The van der Waals surface area contributed by atoms with Gasteiger partial charge in [0.25, 0.3) is 0 Å². The number of rotatable bonds is 4. The molecule has 2 rings (SSSR count). The fourth-order valence-corrected chi connectivity index (χ4v) is 2.89. The van der Waals surface area contributed by atoms with Gasteiger partial charge < -0.3 is 10.6 Å². The Bertz CT molecular complexity index is 587. The molecule has 0 bridgehead atoms. The molecule has 1 aliphatic heterocycles. The van der Waals surface area contributed by atoms with Crippen molar-refractivity contribution in [1.82, 2.24) is 10.6 Å². The summed E-state index contributed by atoms with van der Waals surface area (Å²) in [7, 11) is -3.17. The predicted molar refractivity (Wildman–Crippen MR) is 77.0 cm³/mol. The third-order valence-electron chi connectivity index (χ3n) is 3.72. The molecule has 5 nitrogen and oxygen atoms in total. The second kappa shape index (κ2) is 5.54. The monoisotopic (exact) mass is 296 g/mol. The van der Waals surface area contributed by atoms with Crippen LogP contribution >= 0.6 is 0 Å². The van der Waals surface area contributed by atoms with Crippen molar-refractivity contribution >= 4 is 15.7 Å². The third-order valence-corrected chi connectivity index (χ3v) is 4.85. The van der Waals surface area contributed by atoms with E-state index in [-0.39, 0.29) is 11.3 Å². The van der Waals surface area contributed by atoms with Crippen LogP contribution < -0.4 is 10.6 Å². The number of hydrogen-bond acceptors (Lipinski definition) is 4. The summed E-state index contributed by atoms with van der Waals surface area (Å²) in [5.41, 5.74) is 0.549. The first-order valence-electron chi connectivity index (χ1n) is 6.59. The van der Waals surface area contributed by atoms with E-state index in [0.717, 1.165) is 18.5 Å². The molecular formula is C14H20N2O3S. The number of carbonyl (C=O) groups excluding carboxylic acids is 1. The molecule has 1 atom stereocenters. The lowest BCUT2D eigenvalue weighted by Crippen LogP contribution is -2.40. The third kappa shape index (κ3) is 3.37. The van der Waals surface area contributed by atoms with Gasteiger partial charge in [-0.25, -0.2) is 8.42 Å². The molecule has 110 valence electrons. The Hall–Kier alpha value is -1.40. The van der Waals surface area contributed by atoms with E-state index in [2.05, 4.69) is 10.6 Å². The van der Waals surface area contributed by atoms with Gasteiger partial charge in [-0.1, -0.05) is 12.1 Å². The first-order chi connectivity index (χ1) is 9.31. The minimum atomic E-state index is -3.17. The molecule has 1 saturated heterocycles. The van der Waals surface area contributed by atoms with Gasteiger partial charge in [-0.2, -0.15) is 0 Å². The molecule has 1 aromatic rings. The van der Waals surface area contributed by atoms with E-state index in [9.17, 15) is 13.2 Å². The van der Waals surface area contributed by atoms with E-state index in [1.807, 2.05) is 6.92 Å². The lowest BCUT2D eigenvalue weighted by atomic mass is 9.89. The molecule has 0 spiro atoms.